The molecule has 0 aliphatic heterocycles. The molecule has 1 heterocycles. The lowest BCUT2D eigenvalue weighted by molar-refractivity contribution is -0.111. The fourth-order valence-electron chi connectivity index (χ4n) is 1.44. The van der Waals surface area contributed by atoms with Crippen molar-refractivity contribution in [3.05, 3.63) is 30.4 Å². The number of hydrogen-bond acceptors (Lipinski definition) is 3. The minimum Gasteiger partial charge on any atom is -0.320 e. The molecule has 1 N–H and O–H groups in total. The van der Waals surface area contributed by atoms with Gasteiger partial charge < -0.3 is 5.32 Å². The molecule has 0 radical (unpaired) electrons. The Balaban J connectivity index is 2.28. The number of nitrogens with zero attached hydrogens (tertiary/aromatic N) is 2. The molecule has 1 aromatic rings. The van der Waals surface area contributed by atoms with E-state index in [2.05, 4.69) is 21.9 Å². The number of aryl methyl sites for hydroxylation is 1. The van der Waals surface area contributed by atoms with E-state index in [-0.39, 0.29) is 5.91 Å². The summed E-state index contributed by atoms with van der Waals surface area (Å²) in [5.74, 6) is 1.02. The fourth-order valence-corrected chi connectivity index (χ4v) is 1.44. The van der Waals surface area contributed by atoms with Crippen molar-refractivity contribution < 1.29 is 4.79 Å². The van der Waals surface area contributed by atoms with E-state index in [1.54, 1.807) is 6.20 Å². The van der Waals surface area contributed by atoms with E-state index in [1.807, 2.05) is 6.92 Å². The van der Waals surface area contributed by atoms with Gasteiger partial charge in [-0.1, -0.05) is 6.58 Å². The number of rotatable bonds is 3. The summed E-state index contributed by atoms with van der Waals surface area (Å²) < 4.78 is 0. The van der Waals surface area contributed by atoms with Crippen molar-refractivity contribution in [3.8, 4) is 0 Å². The molecule has 1 amide bonds. The maximum Gasteiger partial charge on any atom is 0.247 e. The van der Waals surface area contributed by atoms with Gasteiger partial charge in [0.1, 0.15) is 5.82 Å². The summed E-state index contributed by atoms with van der Waals surface area (Å²) >= 11 is 0. The van der Waals surface area contributed by atoms with Crippen LogP contribution in [0.4, 0.5) is 5.69 Å². The number of aromatic nitrogens is 2. The molecule has 1 fully saturated rings. The van der Waals surface area contributed by atoms with Gasteiger partial charge in [-0.25, -0.2) is 9.97 Å². The molecule has 0 unspecified atom stereocenters. The first-order valence-electron chi connectivity index (χ1n) is 4.97. The van der Waals surface area contributed by atoms with E-state index in [0.29, 0.717) is 11.6 Å². The second-order valence-corrected chi connectivity index (χ2v) is 3.68. The van der Waals surface area contributed by atoms with E-state index in [4.69, 9.17) is 0 Å². The minimum absolute atomic E-state index is 0.218. The van der Waals surface area contributed by atoms with Crippen molar-refractivity contribution in [1.29, 1.82) is 0 Å². The van der Waals surface area contributed by atoms with Gasteiger partial charge in [-0.2, -0.15) is 0 Å². The molecule has 4 heteroatoms. The summed E-state index contributed by atoms with van der Waals surface area (Å²) in [4.78, 5) is 19.6. The molecule has 1 aromatic heterocycles. The fraction of sp³-hybridized carbons (Fsp3) is 0.364. The summed E-state index contributed by atoms with van der Waals surface area (Å²) in [7, 11) is 0. The lowest BCUT2D eigenvalue weighted by Crippen LogP contribution is -2.11. The van der Waals surface area contributed by atoms with Crippen LogP contribution in [0.5, 0.6) is 0 Å². The van der Waals surface area contributed by atoms with Crippen molar-refractivity contribution >= 4 is 11.6 Å². The average Bonchev–Trinajstić information content (AvgIpc) is 3.04. The van der Waals surface area contributed by atoms with Crippen LogP contribution >= 0.6 is 0 Å². The molecular weight excluding hydrogens is 190 g/mol. The van der Waals surface area contributed by atoms with Crippen LogP contribution < -0.4 is 5.32 Å². The first kappa shape index (κ1) is 9.83. The highest BCUT2D eigenvalue weighted by molar-refractivity contribution is 5.99. The first-order chi connectivity index (χ1) is 7.20. The van der Waals surface area contributed by atoms with Crippen LogP contribution in [-0.2, 0) is 4.79 Å². The summed E-state index contributed by atoms with van der Waals surface area (Å²) in [5, 5.41) is 2.73. The Bertz CT molecular complexity index is 410. The zero-order valence-electron chi connectivity index (χ0n) is 8.66. The SMILES string of the molecule is C=CC(=O)Nc1cnc(C)nc1C1CC1. The molecule has 0 atom stereocenters. The van der Waals surface area contributed by atoms with Gasteiger partial charge >= 0.3 is 0 Å². The normalized spacial score (nSPS) is 14.7. The van der Waals surface area contributed by atoms with Gasteiger partial charge in [0.15, 0.2) is 0 Å². The molecule has 4 nitrogen and oxygen atoms in total. The van der Waals surface area contributed by atoms with Gasteiger partial charge in [-0.3, -0.25) is 4.79 Å². The first-order valence-corrected chi connectivity index (χ1v) is 4.97. The molecule has 1 aliphatic rings. The lowest BCUT2D eigenvalue weighted by atomic mass is 10.2. The molecule has 0 saturated heterocycles. The highest BCUT2D eigenvalue weighted by Crippen LogP contribution is 2.42. The summed E-state index contributed by atoms with van der Waals surface area (Å²) in [6.45, 7) is 5.26. The van der Waals surface area contributed by atoms with Crippen molar-refractivity contribution in [1.82, 2.24) is 9.97 Å². The van der Waals surface area contributed by atoms with E-state index in [1.165, 1.54) is 6.08 Å². The van der Waals surface area contributed by atoms with Crippen LogP contribution in [-0.4, -0.2) is 15.9 Å². The maximum atomic E-state index is 11.2. The Morgan fingerprint density at radius 1 is 1.67 bits per heavy atom. The topological polar surface area (TPSA) is 54.9 Å². The summed E-state index contributed by atoms with van der Waals surface area (Å²) in [5.41, 5.74) is 1.67. The van der Waals surface area contributed by atoms with Gasteiger partial charge in [0.25, 0.3) is 0 Å². The number of amides is 1. The number of carbonyl (C=O) groups is 1. The number of carbonyl (C=O) groups excluding carboxylic acids is 1. The Labute approximate surface area is 88.4 Å². The highest BCUT2D eigenvalue weighted by Gasteiger charge is 2.28. The Kier molecular flexibility index (Phi) is 2.49. The predicted molar refractivity (Wildman–Crippen MR) is 57.6 cm³/mol. The molecular formula is C11H13N3O. The third kappa shape index (κ3) is 2.21. The molecule has 0 spiro atoms. The van der Waals surface area contributed by atoms with Gasteiger partial charge in [-0.15, -0.1) is 0 Å². The quantitative estimate of drug-likeness (QED) is 0.762. The molecule has 1 aliphatic carbocycles. The minimum atomic E-state index is -0.218. The van der Waals surface area contributed by atoms with E-state index in [0.717, 1.165) is 24.4 Å². The molecule has 0 aromatic carbocycles. The highest BCUT2D eigenvalue weighted by atomic mass is 16.1. The largest absolute Gasteiger partial charge is 0.320 e. The van der Waals surface area contributed by atoms with Gasteiger partial charge in [-0.05, 0) is 25.8 Å². The standard InChI is InChI=1S/C11H13N3O/c1-3-10(15)14-9-6-12-7(2)13-11(9)8-4-5-8/h3,6,8H,1,4-5H2,2H3,(H,14,15). The van der Waals surface area contributed by atoms with E-state index < -0.39 is 0 Å². The zero-order chi connectivity index (χ0) is 10.8. The van der Waals surface area contributed by atoms with Crippen molar-refractivity contribution in [3.63, 3.8) is 0 Å². The number of nitrogens with one attached hydrogen (secondary N) is 1. The van der Waals surface area contributed by atoms with Gasteiger partial charge in [0, 0.05) is 5.92 Å². The van der Waals surface area contributed by atoms with Crippen molar-refractivity contribution in [2.24, 2.45) is 0 Å². The van der Waals surface area contributed by atoms with Crippen LogP contribution in [0.15, 0.2) is 18.9 Å². The summed E-state index contributed by atoms with van der Waals surface area (Å²) in [6.07, 6.45) is 5.20. The average molecular weight is 203 g/mol. The van der Waals surface area contributed by atoms with Crippen LogP contribution in [0.2, 0.25) is 0 Å². The third-order valence-electron chi connectivity index (χ3n) is 2.35. The smallest absolute Gasteiger partial charge is 0.247 e. The third-order valence-corrected chi connectivity index (χ3v) is 2.35. The van der Waals surface area contributed by atoms with E-state index in [9.17, 15) is 4.79 Å². The zero-order valence-corrected chi connectivity index (χ0v) is 8.66. The lowest BCUT2D eigenvalue weighted by Gasteiger charge is -2.07. The molecule has 0 bridgehead atoms. The molecule has 2 rings (SSSR count). The second-order valence-electron chi connectivity index (χ2n) is 3.68. The Morgan fingerprint density at radius 3 is 3.00 bits per heavy atom. The van der Waals surface area contributed by atoms with Crippen LogP contribution in [0.3, 0.4) is 0 Å². The van der Waals surface area contributed by atoms with Gasteiger partial charge in [0.05, 0.1) is 17.6 Å². The number of hydrogen-bond donors (Lipinski definition) is 1. The monoisotopic (exact) mass is 203 g/mol. The van der Waals surface area contributed by atoms with Crippen molar-refractivity contribution in [2.75, 3.05) is 5.32 Å². The molecule has 78 valence electrons. The predicted octanol–water partition coefficient (Wildman–Crippen LogP) is 1.79. The van der Waals surface area contributed by atoms with Crippen LogP contribution in [0, 0.1) is 6.92 Å². The molecule has 1 saturated carbocycles. The Hall–Kier alpha value is -1.71. The Morgan fingerprint density at radius 2 is 2.40 bits per heavy atom. The van der Waals surface area contributed by atoms with Crippen molar-refractivity contribution in [2.45, 2.75) is 25.7 Å². The molecule has 15 heavy (non-hydrogen) atoms. The second kappa shape index (κ2) is 3.81. The van der Waals surface area contributed by atoms with Gasteiger partial charge in [0.2, 0.25) is 5.91 Å². The number of anilines is 1. The van der Waals surface area contributed by atoms with Crippen LogP contribution in [0.25, 0.3) is 0 Å². The van der Waals surface area contributed by atoms with Crippen LogP contribution in [0.1, 0.15) is 30.3 Å². The maximum absolute atomic E-state index is 11.2. The summed E-state index contributed by atoms with van der Waals surface area (Å²) in [6, 6.07) is 0. The van der Waals surface area contributed by atoms with E-state index >= 15 is 0 Å².